The van der Waals surface area contributed by atoms with Crippen molar-refractivity contribution in [3.8, 4) is 0 Å². The lowest BCUT2D eigenvalue weighted by molar-refractivity contribution is 0.222. The SMILES string of the molecule is CCn1c([C@@H]2CCN(C(=O)Nc3cc(C)cc(C)c3)C2)nc2cccnc21. The monoisotopic (exact) mass is 363 g/mol. The first-order valence-electron chi connectivity index (χ1n) is 9.50. The number of urea groups is 1. The number of nitrogens with zero attached hydrogens (tertiary/aromatic N) is 4. The van der Waals surface area contributed by atoms with Gasteiger partial charge in [0, 0.05) is 37.4 Å². The number of aryl methyl sites for hydroxylation is 3. The van der Waals surface area contributed by atoms with E-state index in [2.05, 4.69) is 27.9 Å². The molecule has 0 aliphatic carbocycles. The van der Waals surface area contributed by atoms with Gasteiger partial charge in [0.25, 0.3) is 0 Å². The predicted molar refractivity (Wildman–Crippen MR) is 107 cm³/mol. The van der Waals surface area contributed by atoms with Gasteiger partial charge in [-0.05, 0) is 62.6 Å². The van der Waals surface area contributed by atoms with E-state index in [1.54, 1.807) is 6.20 Å². The van der Waals surface area contributed by atoms with Crippen LogP contribution in [0.4, 0.5) is 10.5 Å². The summed E-state index contributed by atoms with van der Waals surface area (Å²) in [5, 5.41) is 3.04. The summed E-state index contributed by atoms with van der Waals surface area (Å²) in [6, 6.07) is 9.97. The molecule has 6 nitrogen and oxygen atoms in total. The van der Waals surface area contributed by atoms with Crippen LogP contribution in [-0.4, -0.2) is 38.6 Å². The number of nitrogens with one attached hydrogen (secondary N) is 1. The minimum Gasteiger partial charge on any atom is -0.324 e. The third kappa shape index (κ3) is 3.39. The number of hydrogen-bond donors (Lipinski definition) is 1. The van der Waals surface area contributed by atoms with Crippen LogP contribution in [0.1, 0.15) is 36.2 Å². The number of anilines is 1. The molecule has 0 radical (unpaired) electrons. The van der Waals surface area contributed by atoms with Crippen LogP contribution < -0.4 is 5.32 Å². The molecule has 1 N–H and O–H groups in total. The largest absolute Gasteiger partial charge is 0.324 e. The van der Waals surface area contributed by atoms with Gasteiger partial charge in [0.2, 0.25) is 0 Å². The second-order valence-electron chi connectivity index (χ2n) is 7.30. The molecule has 27 heavy (non-hydrogen) atoms. The lowest BCUT2D eigenvalue weighted by atomic mass is 10.1. The molecule has 1 aliphatic rings. The van der Waals surface area contributed by atoms with Gasteiger partial charge in [-0.1, -0.05) is 6.07 Å². The highest BCUT2D eigenvalue weighted by Crippen LogP contribution is 2.29. The average molecular weight is 363 g/mol. The fraction of sp³-hybridized carbons (Fsp3) is 0.381. The second kappa shape index (κ2) is 7.02. The van der Waals surface area contributed by atoms with Gasteiger partial charge in [-0.25, -0.2) is 14.8 Å². The van der Waals surface area contributed by atoms with Gasteiger partial charge in [0.15, 0.2) is 5.65 Å². The van der Waals surface area contributed by atoms with Gasteiger partial charge in [-0.2, -0.15) is 0 Å². The predicted octanol–water partition coefficient (Wildman–Crippen LogP) is 4.09. The summed E-state index contributed by atoms with van der Waals surface area (Å²) >= 11 is 0. The average Bonchev–Trinajstić information content (AvgIpc) is 3.25. The molecule has 1 aromatic carbocycles. The molecule has 1 fully saturated rings. The first-order chi connectivity index (χ1) is 13.0. The van der Waals surface area contributed by atoms with Crippen LogP contribution in [0.3, 0.4) is 0 Å². The van der Waals surface area contributed by atoms with Crippen molar-refractivity contribution in [3.05, 3.63) is 53.5 Å². The zero-order valence-corrected chi connectivity index (χ0v) is 16.1. The molecule has 0 bridgehead atoms. The minimum absolute atomic E-state index is 0.0419. The first-order valence-corrected chi connectivity index (χ1v) is 9.50. The number of rotatable bonds is 3. The molecule has 1 saturated heterocycles. The number of imidazole rings is 1. The molecular weight excluding hydrogens is 338 g/mol. The highest BCUT2D eigenvalue weighted by Gasteiger charge is 2.31. The molecular formula is C21H25N5O. The van der Waals surface area contributed by atoms with Crippen LogP contribution in [0.5, 0.6) is 0 Å². The van der Waals surface area contributed by atoms with Crippen LogP contribution in [-0.2, 0) is 6.54 Å². The Morgan fingerprint density at radius 2 is 2.04 bits per heavy atom. The van der Waals surface area contributed by atoms with Gasteiger partial charge in [0.1, 0.15) is 11.3 Å². The summed E-state index contributed by atoms with van der Waals surface area (Å²) in [5.74, 6) is 1.28. The number of likely N-dealkylation sites (tertiary alicyclic amines) is 1. The number of amides is 2. The lowest BCUT2D eigenvalue weighted by Gasteiger charge is -2.18. The third-order valence-electron chi connectivity index (χ3n) is 5.16. The number of carbonyl (C=O) groups excluding carboxylic acids is 1. The van der Waals surface area contributed by atoms with Crippen molar-refractivity contribution in [1.29, 1.82) is 0 Å². The summed E-state index contributed by atoms with van der Waals surface area (Å²) in [5.41, 5.74) is 4.99. The maximum atomic E-state index is 12.7. The first kappa shape index (κ1) is 17.5. The molecule has 3 aromatic rings. The molecule has 2 amide bonds. The number of pyridine rings is 1. The molecule has 3 heterocycles. The normalized spacial score (nSPS) is 16.9. The minimum atomic E-state index is -0.0419. The van der Waals surface area contributed by atoms with Gasteiger partial charge in [-0.3, -0.25) is 0 Å². The third-order valence-corrected chi connectivity index (χ3v) is 5.16. The topological polar surface area (TPSA) is 63.1 Å². The maximum absolute atomic E-state index is 12.7. The van der Waals surface area contributed by atoms with Crippen molar-refractivity contribution in [3.63, 3.8) is 0 Å². The van der Waals surface area contributed by atoms with Crippen LogP contribution >= 0.6 is 0 Å². The Morgan fingerprint density at radius 1 is 1.26 bits per heavy atom. The van der Waals surface area contributed by atoms with Crippen LogP contribution in [0, 0.1) is 13.8 Å². The Bertz CT molecular complexity index is 973. The summed E-state index contributed by atoms with van der Waals surface area (Å²) in [6.07, 6.45) is 2.72. The van der Waals surface area contributed by atoms with E-state index in [1.807, 2.05) is 43.0 Å². The number of carbonyl (C=O) groups is 1. The fourth-order valence-electron chi connectivity index (χ4n) is 4.00. The Hall–Kier alpha value is -2.89. The zero-order chi connectivity index (χ0) is 19.0. The maximum Gasteiger partial charge on any atom is 0.321 e. The van der Waals surface area contributed by atoms with E-state index in [4.69, 9.17) is 4.98 Å². The van der Waals surface area contributed by atoms with Gasteiger partial charge >= 0.3 is 6.03 Å². The van der Waals surface area contributed by atoms with Crippen molar-refractivity contribution >= 4 is 22.9 Å². The summed E-state index contributed by atoms with van der Waals surface area (Å²) in [7, 11) is 0. The van der Waals surface area contributed by atoms with Gasteiger partial charge in [0.05, 0.1) is 0 Å². The lowest BCUT2D eigenvalue weighted by Crippen LogP contribution is -2.33. The summed E-state index contributed by atoms with van der Waals surface area (Å²) < 4.78 is 2.17. The number of aromatic nitrogens is 3. The van der Waals surface area contributed by atoms with Crippen molar-refractivity contribution in [2.75, 3.05) is 18.4 Å². The van der Waals surface area contributed by atoms with E-state index >= 15 is 0 Å². The van der Waals surface area contributed by atoms with E-state index in [9.17, 15) is 4.79 Å². The molecule has 0 unspecified atom stereocenters. The number of benzene rings is 1. The molecule has 0 spiro atoms. The molecule has 0 saturated carbocycles. The molecule has 6 heteroatoms. The Kier molecular flexibility index (Phi) is 4.56. The van der Waals surface area contributed by atoms with E-state index in [0.717, 1.165) is 53.3 Å². The van der Waals surface area contributed by atoms with Crippen molar-refractivity contribution in [1.82, 2.24) is 19.4 Å². The van der Waals surface area contributed by atoms with Crippen LogP contribution in [0.2, 0.25) is 0 Å². The quantitative estimate of drug-likeness (QED) is 0.762. The van der Waals surface area contributed by atoms with Gasteiger partial charge in [-0.15, -0.1) is 0 Å². The summed E-state index contributed by atoms with van der Waals surface area (Å²) in [4.78, 5) is 23.9. The molecule has 2 aromatic heterocycles. The van der Waals surface area contributed by atoms with E-state index in [0.29, 0.717) is 6.54 Å². The molecule has 4 rings (SSSR count). The highest BCUT2D eigenvalue weighted by atomic mass is 16.2. The van der Waals surface area contributed by atoms with E-state index < -0.39 is 0 Å². The van der Waals surface area contributed by atoms with Crippen molar-refractivity contribution in [2.24, 2.45) is 0 Å². The number of hydrogen-bond acceptors (Lipinski definition) is 3. The van der Waals surface area contributed by atoms with Crippen molar-refractivity contribution in [2.45, 2.75) is 39.7 Å². The zero-order valence-electron chi connectivity index (χ0n) is 16.1. The highest BCUT2D eigenvalue weighted by molar-refractivity contribution is 5.89. The Balaban J connectivity index is 1.51. The van der Waals surface area contributed by atoms with E-state index in [-0.39, 0.29) is 11.9 Å². The smallest absolute Gasteiger partial charge is 0.321 e. The molecule has 140 valence electrons. The molecule has 1 aliphatic heterocycles. The fourth-order valence-corrected chi connectivity index (χ4v) is 4.00. The van der Waals surface area contributed by atoms with Crippen molar-refractivity contribution < 1.29 is 4.79 Å². The Labute approximate surface area is 159 Å². The van der Waals surface area contributed by atoms with Crippen LogP contribution in [0.15, 0.2) is 36.5 Å². The van der Waals surface area contributed by atoms with E-state index in [1.165, 1.54) is 0 Å². The number of fused-ring (bicyclic) bond motifs is 1. The molecule has 1 atom stereocenters. The second-order valence-corrected chi connectivity index (χ2v) is 7.30. The van der Waals surface area contributed by atoms with Crippen LogP contribution in [0.25, 0.3) is 11.2 Å². The standard InChI is InChI=1S/C21H25N5O/c1-4-26-19(24-18-6-5-8-22-20(18)26)16-7-9-25(13-16)21(27)23-17-11-14(2)10-15(3)12-17/h5-6,8,10-12,16H,4,7,9,13H2,1-3H3,(H,23,27)/t16-/m1/s1. The Morgan fingerprint density at radius 3 is 2.78 bits per heavy atom. The van der Waals surface area contributed by atoms with Gasteiger partial charge < -0.3 is 14.8 Å². The summed E-state index contributed by atoms with van der Waals surface area (Å²) in [6.45, 7) is 8.43.